The van der Waals surface area contributed by atoms with Crippen molar-refractivity contribution >= 4 is 52.2 Å². The third-order valence-corrected chi connectivity index (χ3v) is 8.19. The highest BCUT2D eigenvalue weighted by molar-refractivity contribution is 6.28. The van der Waals surface area contributed by atoms with Crippen molar-refractivity contribution in [3.8, 4) is 12.3 Å². The summed E-state index contributed by atoms with van der Waals surface area (Å²) < 4.78 is 24.9. The number of imidazole rings is 1. The number of carbonyl (C=O) groups excluding carboxylic acids is 3. The number of nitrogens with zero attached hydrogens (tertiary/aromatic N) is 6. The minimum absolute atomic E-state index is 0.00309. The Balaban J connectivity index is 1.40. The average Bonchev–Trinajstić information content (AvgIpc) is 3.65. The van der Waals surface area contributed by atoms with Crippen molar-refractivity contribution < 1.29 is 33.3 Å². The predicted molar refractivity (Wildman–Crippen MR) is 168 cm³/mol. The zero-order chi connectivity index (χ0) is 33.0. The van der Waals surface area contributed by atoms with Crippen LogP contribution in [-0.2, 0) is 35.0 Å². The summed E-state index contributed by atoms with van der Waals surface area (Å²) >= 11 is 6.04. The van der Waals surface area contributed by atoms with Crippen LogP contribution in [0.5, 0.6) is 0 Å². The number of nitrogens with two attached hydrogens (primary N) is 1. The van der Waals surface area contributed by atoms with Crippen LogP contribution in [0, 0.1) is 18.3 Å². The molecule has 4 heterocycles. The van der Waals surface area contributed by atoms with Crippen LogP contribution in [0.3, 0.4) is 0 Å². The number of rotatable bonds is 11. The average molecular weight is 654 g/mol. The van der Waals surface area contributed by atoms with E-state index in [4.69, 9.17) is 42.7 Å². The summed E-state index contributed by atoms with van der Waals surface area (Å²) in [5.74, 6) is 0.581. The lowest BCUT2D eigenvalue weighted by Gasteiger charge is -2.33. The minimum atomic E-state index is -2.16. The number of urea groups is 1. The number of ether oxygens (including phenoxy) is 4. The largest absolute Gasteiger partial charge is 0.463 e. The smallest absolute Gasteiger partial charge is 0.350 e. The van der Waals surface area contributed by atoms with Crippen LogP contribution >= 0.6 is 11.6 Å². The second kappa shape index (κ2) is 13.9. The van der Waals surface area contributed by atoms with Crippen LogP contribution in [0.15, 0.2) is 30.6 Å². The van der Waals surface area contributed by atoms with Gasteiger partial charge in [-0.05, 0) is 49.6 Å². The van der Waals surface area contributed by atoms with Crippen molar-refractivity contribution in [3.63, 3.8) is 0 Å². The molecule has 0 bridgehead atoms. The van der Waals surface area contributed by atoms with E-state index in [0.717, 1.165) is 6.42 Å². The van der Waals surface area contributed by atoms with Crippen LogP contribution in [0.4, 0.5) is 16.3 Å². The number of hydrogen-bond donors (Lipinski definition) is 1. The zero-order valence-electron chi connectivity index (χ0n) is 25.8. The summed E-state index contributed by atoms with van der Waals surface area (Å²) in [5, 5.41) is -0.0466. The second-order valence-electron chi connectivity index (χ2n) is 11.0. The molecule has 1 aromatic carbocycles. The summed E-state index contributed by atoms with van der Waals surface area (Å²) in [5.41, 5.74) is 5.81. The summed E-state index contributed by atoms with van der Waals surface area (Å²) in [4.78, 5) is 55.6. The molecule has 3 unspecified atom stereocenters. The molecule has 2 fully saturated rings. The van der Waals surface area contributed by atoms with Gasteiger partial charge >= 0.3 is 18.0 Å². The minimum Gasteiger partial charge on any atom is -0.463 e. The third kappa shape index (κ3) is 6.44. The number of nitrogen functional groups attached to an aromatic ring is 1. The van der Waals surface area contributed by atoms with Crippen LogP contribution in [0.1, 0.15) is 38.5 Å². The zero-order valence-corrected chi connectivity index (χ0v) is 26.6. The van der Waals surface area contributed by atoms with Crippen LogP contribution in [-0.4, -0.2) is 94.1 Å². The highest BCUT2D eigenvalue weighted by atomic mass is 35.5. The highest BCUT2D eigenvalue weighted by Crippen LogP contribution is 2.37. The van der Waals surface area contributed by atoms with Gasteiger partial charge in [-0.25, -0.2) is 19.4 Å². The summed E-state index contributed by atoms with van der Waals surface area (Å²) in [6.07, 6.45) is 7.04. The lowest BCUT2D eigenvalue weighted by atomic mass is 9.93. The summed E-state index contributed by atoms with van der Waals surface area (Å²) in [7, 11) is 1.76. The number of aromatic nitrogens is 4. The van der Waals surface area contributed by atoms with Crippen molar-refractivity contribution in [2.45, 2.75) is 51.0 Å². The molecule has 15 heteroatoms. The lowest BCUT2D eigenvalue weighted by molar-refractivity contribution is -0.195. The first-order chi connectivity index (χ1) is 22.1. The van der Waals surface area contributed by atoms with Crippen molar-refractivity contribution in [3.05, 3.63) is 41.4 Å². The monoisotopic (exact) mass is 653 g/mol. The fourth-order valence-corrected chi connectivity index (χ4v) is 5.82. The molecule has 14 nitrogen and oxygen atoms in total. The molecular weight excluding hydrogens is 618 g/mol. The number of anilines is 2. The van der Waals surface area contributed by atoms with Gasteiger partial charge < -0.3 is 29.6 Å². The number of hydrogen-bond acceptors (Lipinski definition) is 11. The predicted octanol–water partition coefficient (Wildman–Crippen LogP) is 2.99. The van der Waals surface area contributed by atoms with Gasteiger partial charge in [-0.2, -0.15) is 9.97 Å². The first-order valence-corrected chi connectivity index (χ1v) is 15.4. The Morgan fingerprint density at radius 2 is 1.85 bits per heavy atom. The van der Waals surface area contributed by atoms with E-state index in [9.17, 15) is 14.4 Å². The van der Waals surface area contributed by atoms with E-state index in [1.165, 1.54) is 6.33 Å². The first kappa shape index (κ1) is 32.9. The number of terminal acetylenes is 1. The standard InChI is InChI=1S/C31H36ClN7O7/c1-5-20-15-23(39-18-34-24-25(33)35-29(32)36-26(24)39)46-22(20)17-45-31(27(40)43-6-2,28(41)44-7-3)16-19-9-11-21(12-10-19)38-14-8-13-37(4)30(38)42/h1,9-12,18,20,22-23H,6-8,13-17H2,2-4H3,(H2,33,35,36). The molecule has 2 amide bonds. The maximum atomic E-state index is 13.6. The van der Waals surface area contributed by atoms with Crippen molar-refractivity contribution in [1.82, 2.24) is 24.4 Å². The Hall–Kier alpha value is -4.45. The van der Waals surface area contributed by atoms with Gasteiger partial charge in [-0.3, -0.25) is 9.47 Å². The molecule has 5 rings (SSSR count). The molecule has 244 valence electrons. The van der Waals surface area contributed by atoms with Gasteiger partial charge in [0, 0.05) is 38.7 Å². The van der Waals surface area contributed by atoms with Gasteiger partial charge in [0.15, 0.2) is 11.5 Å². The SMILES string of the molecule is C#CC1CC(n2cnc3c(N)nc(Cl)nc32)OC1COC(Cc1ccc(N2CCCN(C)C2=O)cc1)(C(=O)OCC)C(=O)OCC. The van der Waals surface area contributed by atoms with E-state index >= 15 is 0 Å². The molecule has 3 aromatic rings. The van der Waals surface area contributed by atoms with Crippen LogP contribution in [0.2, 0.25) is 5.28 Å². The lowest BCUT2D eigenvalue weighted by Crippen LogP contribution is -2.54. The first-order valence-electron chi connectivity index (χ1n) is 15.0. The Bertz CT molecular complexity index is 1620. The number of amides is 2. The van der Waals surface area contributed by atoms with Crippen molar-refractivity contribution in [1.29, 1.82) is 0 Å². The van der Waals surface area contributed by atoms with Gasteiger partial charge in [0.2, 0.25) is 5.28 Å². The molecule has 0 radical (unpaired) electrons. The molecule has 2 aliphatic rings. The van der Waals surface area contributed by atoms with Gasteiger partial charge in [0.25, 0.3) is 5.60 Å². The van der Waals surface area contributed by atoms with Gasteiger partial charge in [-0.1, -0.05) is 12.1 Å². The molecular formula is C31H36ClN7O7. The van der Waals surface area contributed by atoms with Gasteiger partial charge in [0.1, 0.15) is 11.7 Å². The number of benzene rings is 1. The van der Waals surface area contributed by atoms with E-state index in [1.54, 1.807) is 59.5 Å². The molecule has 2 N–H and O–H groups in total. The molecule has 0 spiro atoms. The van der Waals surface area contributed by atoms with Crippen LogP contribution < -0.4 is 10.6 Å². The molecule has 0 saturated carbocycles. The fraction of sp³-hybridized carbons (Fsp3) is 0.484. The molecule has 3 atom stereocenters. The topological polar surface area (TPSA) is 164 Å². The normalized spacial score (nSPS) is 20.2. The number of carbonyl (C=O) groups is 3. The molecule has 2 aromatic heterocycles. The maximum absolute atomic E-state index is 13.6. The van der Waals surface area contributed by atoms with E-state index in [-0.39, 0.29) is 43.4 Å². The van der Waals surface area contributed by atoms with E-state index in [1.807, 2.05) is 0 Å². The summed E-state index contributed by atoms with van der Waals surface area (Å²) in [6.45, 7) is 4.31. The maximum Gasteiger partial charge on any atom is 0.350 e. The van der Waals surface area contributed by atoms with Gasteiger partial charge in [0.05, 0.1) is 38.2 Å². The Kier molecular flexibility index (Phi) is 9.95. The second-order valence-corrected chi connectivity index (χ2v) is 11.3. The van der Waals surface area contributed by atoms with E-state index < -0.39 is 35.8 Å². The van der Waals surface area contributed by atoms with Crippen molar-refractivity contribution in [2.24, 2.45) is 5.92 Å². The molecule has 2 aliphatic heterocycles. The molecule has 2 saturated heterocycles. The van der Waals surface area contributed by atoms with Gasteiger partial charge in [-0.15, -0.1) is 12.3 Å². The fourth-order valence-electron chi connectivity index (χ4n) is 5.65. The third-order valence-electron chi connectivity index (χ3n) is 8.02. The molecule has 0 aliphatic carbocycles. The number of halogens is 1. The number of fused-ring (bicyclic) bond motifs is 1. The Morgan fingerprint density at radius 1 is 1.15 bits per heavy atom. The van der Waals surface area contributed by atoms with Crippen LogP contribution in [0.25, 0.3) is 11.2 Å². The molecule has 46 heavy (non-hydrogen) atoms. The number of esters is 2. The Morgan fingerprint density at radius 3 is 2.50 bits per heavy atom. The highest BCUT2D eigenvalue weighted by Gasteiger charge is 2.52. The van der Waals surface area contributed by atoms with Crippen molar-refractivity contribution in [2.75, 3.05) is 50.6 Å². The summed E-state index contributed by atoms with van der Waals surface area (Å²) in [6, 6.07) is 6.91. The Labute approximate surface area is 271 Å². The van der Waals surface area contributed by atoms with E-state index in [0.29, 0.717) is 41.9 Å². The quantitative estimate of drug-likeness (QED) is 0.140. The van der Waals surface area contributed by atoms with E-state index in [2.05, 4.69) is 20.9 Å².